The maximum atomic E-state index is 5.21. The van der Waals surface area contributed by atoms with Crippen molar-refractivity contribution in [2.24, 2.45) is 44.9 Å². The predicted molar refractivity (Wildman–Crippen MR) is 137 cm³/mol. The second-order valence-corrected chi connectivity index (χ2v) is 12.6. The molecular weight excluding hydrogens is 388 g/mol. The zero-order valence-electron chi connectivity index (χ0n) is 21.4. The monoisotopic (exact) mass is 436 g/mol. The molecule has 1 heterocycles. The highest BCUT2D eigenvalue weighted by Crippen LogP contribution is 2.90. The summed E-state index contributed by atoms with van der Waals surface area (Å²) in [4.78, 5) is 5.21. The van der Waals surface area contributed by atoms with Crippen molar-refractivity contribution in [1.29, 1.82) is 0 Å². The highest BCUT2D eigenvalue weighted by atomic mass is 14.9. The summed E-state index contributed by atoms with van der Waals surface area (Å²) in [5.41, 5.74) is 4.88. The fourth-order valence-electron chi connectivity index (χ4n) is 10.3. The molecule has 1 spiro atoms. The molecule has 2 heteroatoms. The second kappa shape index (κ2) is 8.40. The van der Waals surface area contributed by atoms with Crippen molar-refractivity contribution in [3.8, 4) is 0 Å². The van der Waals surface area contributed by atoms with Crippen LogP contribution in [0.25, 0.3) is 0 Å². The highest BCUT2D eigenvalue weighted by molar-refractivity contribution is 5.85. The minimum Gasteiger partial charge on any atom is -0.314 e. The molecule has 0 bridgehead atoms. The van der Waals surface area contributed by atoms with Gasteiger partial charge in [-0.25, -0.2) is 0 Å². The molecule has 0 radical (unpaired) electrons. The first-order chi connectivity index (χ1) is 15.4. The summed E-state index contributed by atoms with van der Waals surface area (Å²) in [5, 5.41) is 3.69. The number of nitrogens with one attached hydrogen (secondary N) is 1. The van der Waals surface area contributed by atoms with Crippen molar-refractivity contribution in [1.82, 2.24) is 5.32 Å². The molecule has 5 rings (SSSR count). The molecule has 1 N–H and O–H groups in total. The van der Waals surface area contributed by atoms with Crippen LogP contribution in [0.1, 0.15) is 98.3 Å². The lowest BCUT2D eigenvalue weighted by Gasteiger charge is -2.45. The number of aliphatic imine (C=N–C) groups is 1. The molecule has 4 aliphatic carbocycles. The van der Waals surface area contributed by atoms with E-state index in [0.717, 1.165) is 36.3 Å². The Balaban J connectivity index is 1.29. The van der Waals surface area contributed by atoms with E-state index in [9.17, 15) is 0 Å². The standard InChI is InChI=1S/C30H48N2/c1-6-9-23-13-17-30-26-12-11-25(22(4)31-18-8-10-24-19-21(3)20-32-24)28(26,5)16-14-27(30)29(23,30)15-7-2/h6,9,21,24-27,32H,1,7-8,10-20H2,2-5H3/b23-9-,31-22?. The number of allylic oxidation sites excluding steroid dienone is 3. The van der Waals surface area contributed by atoms with Crippen molar-refractivity contribution in [3.63, 3.8) is 0 Å². The van der Waals surface area contributed by atoms with Gasteiger partial charge >= 0.3 is 0 Å². The van der Waals surface area contributed by atoms with Gasteiger partial charge in [0.2, 0.25) is 0 Å². The summed E-state index contributed by atoms with van der Waals surface area (Å²) in [6, 6.07) is 0.741. The Labute approximate surface area is 197 Å². The molecular formula is C30H48N2. The lowest BCUT2D eigenvalue weighted by molar-refractivity contribution is 0.0525. The Hall–Kier alpha value is -0.890. The average Bonchev–Trinajstić information content (AvgIpc) is 3.12. The van der Waals surface area contributed by atoms with Crippen LogP contribution < -0.4 is 5.32 Å². The molecule has 178 valence electrons. The molecule has 5 fully saturated rings. The number of rotatable bonds is 8. The largest absolute Gasteiger partial charge is 0.314 e. The van der Waals surface area contributed by atoms with Gasteiger partial charge < -0.3 is 5.32 Å². The molecule has 32 heavy (non-hydrogen) atoms. The summed E-state index contributed by atoms with van der Waals surface area (Å²) in [5.74, 6) is 3.45. The van der Waals surface area contributed by atoms with Crippen molar-refractivity contribution in [2.75, 3.05) is 13.1 Å². The lowest BCUT2D eigenvalue weighted by Crippen LogP contribution is -2.40. The van der Waals surface area contributed by atoms with E-state index in [4.69, 9.17) is 4.99 Å². The van der Waals surface area contributed by atoms with Crippen molar-refractivity contribution >= 4 is 5.71 Å². The topological polar surface area (TPSA) is 24.4 Å². The Morgan fingerprint density at radius 3 is 2.78 bits per heavy atom. The molecule has 8 atom stereocenters. The molecule has 4 saturated carbocycles. The van der Waals surface area contributed by atoms with Crippen LogP contribution in [0, 0.1) is 39.9 Å². The minimum absolute atomic E-state index is 0.478. The maximum Gasteiger partial charge on any atom is 0.0389 e. The van der Waals surface area contributed by atoms with Crippen LogP contribution in [-0.4, -0.2) is 24.8 Å². The first kappa shape index (κ1) is 22.9. The molecule has 5 aliphatic rings. The van der Waals surface area contributed by atoms with Crippen molar-refractivity contribution in [2.45, 2.75) is 104 Å². The van der Waals surface area contributed by atoms with Gasteiger partial charge in [-0.1, -0.05) is 51.5 Å². The molecule has 0 aromatic carbocycles. The number of hydrogen-bond acceptors (Lipinski definition) is 2. The normalized spacial score (nSPS) is 48.6. The van der Waals surface area contributed by atoms with E-state index < -0.39 is 0 Å². The van der Waals surface area contributed by atoms with Gasteiger partial charge in [-0.05, 0) is 106 Å². The smallest absolute Gasteiger partial charge is 0.0389 e. The Bertz CT molecular complexity index is 795. The Morgan fingerprint density at radius 2 is 2.06 bits per heavy atom. The first-order valence-corrected chi connectivity index (χ1v) is 14.0. The predicted octanol–water partition coefficient (Wildman–Crippen LogP) is 7.36. The fourth-order valence-corrected chi connectivity index (χ4v) is 10.3. The summed E-state index contributed by atoms with van der Waals surface area (Å²) in [6.45, 7) is 16.1. The van der Waals surface area contributed by atoms with E-state index in [1.54, 1.807) is 5.57 Å². The van der Waals surface area contributed by atoms with Crippen LogP contribution in [-0.2, 0) is 0 Å². The lowest BCUT2D eigenvalue weighted by atomic mass is 9.59. The Kier molecular flexibility index (Phi) is 6.01. The van der Waals surface area contributed by atoms with Crippen LogP contribution in [0.3, 0.4) is 0 Å². The van der Waals surface area contributed by atoms with Gasteiger partial charge in [0.1, 0.15) is 0 Å². The molecule has 0 aromatic heterocycles. The van der Waals surface area contributed by atoms with Crippen molar-refractivity contribution < 1.29 is 0 Å². The van der Waals surface area contributed by atoms with E-state index in [0.29, 0.717) is 16.2 Å². The second-order valence-electron chi connectivity index (χ2n) is 12.6. The van der Waals surface area contributed by atoms with Gasteiger partial charge in [-0.15, -0.1) is 0 Å². The minimum atomic E-state index is 0.478. The van der Waals surface area contributed by atoms with Crippen LogP contribution in [0.15, 0.2) is 29.3 Å². The number of hydrogen-bond donors (Lipinski definition) is 1. The van der Waals surface area contributed by atoms with E-state index in [-0.39, 0.29) is 0 Å². The molecule has 2 nitrogen and oxygen atoms in total. The van der Waals surface area contributed by atoms with Gasteiger partial charge in [0.05, 0.1) is 0 Å². The van der Waals surface area contributed by atoms with Gasteiger partial charge in [0, 0.05) is 29.6 Å². The van der Waals surface area contributed by atoms with Gasteiger partial charge in [0.15, 0.2) is 0 Å². The molecule has 0 aromatic rings. The first-order valence-electron chi connectivity index (χ1n) is 14.0. The van der Waals surface area contributed by atoms with E-state index in [1.807, 2.05) is 0 Å². The van der Waals surface area contributed by atoms with Crippen LogP contribution in [0.2, 0.25) is 0 Å². The van der Waals surface area contributed by atoms with Crippen molar-refractivity contribution in [3.05, 3.63) is 24.3 Å². The summed E-state index contributed by atoms with van der Waals surface area (Å²) < 4.78 is 0. The summed E-state index contributed by atoms with van der Waals surface area (Å²) >= 11 is 0. The highest BCUT2D eigenvalue weighted by Gasteiger charge is 2.84. The molecule has 0 amide bonds. The van der Waals surface area contributed by atoms with Gasteiger partial charge in [-0.2, -0.15) is 0 Å². The van der Waals surface area contributed by atoms with Gasteiger partial charge in [0.25, 0.3) is 0 Å². The summed E-state index contributed by atoms with van der Waals surface area (Å²) in [7, 11) is 0. The average molecular weight is 437 g/mol. The van der Waals surface area contributed by atoms with E-state index in [1.165, 1.54) is 82.9 Å². The molecule has 8 unspecified atom stereocenters. The quantitative estimate of drug-likeness (QED) is 0.312. The van der Waals surface area contributed by atoms with Gasteiger partial charge in [-0.3, -0.25) is 4.99 Å². The van der Waals surface area contributed by atoms with Crippen LogP contribution >= 0.6 is 0 Å². The third-order valence-corrected chi connectivity index (χ3v) is 11.3. The van der Waals surface area contributed by atoms with E-state index in [2.05, 4.69) is 51.7 Å². The number of fused-ring (bicyclic) bond motifs is 2. The third-order valence-electron chi connectivity index (χ3n) is 11.3. The molecule has 1 saturated heterocycles. The van der Waals surface area contributed by atoms with Crippen LogP contribution in [0.5, 0.6) is 0 Å². The Morgan fingerprint density at radius 1 is 1.22 bits per heavy atom. The van der Waals surface area contributed by atoms with Crippen LogP contribution in [0.4, 0.5) is 0 Å². The third kappa shape index (κ3) is 3.10. The maximum absolute atomic E-state index is 5.21. The van der Waals surface area contributed by atoms with E-state index >= 15 is 0 Å². The molecule has 1 aliphatic heterocycles. The summed E-state index contributed by atoms with van der Waals surface area (Å²) in [6.07, 6.45) is 19.6. The zero-order valence-corrected chi connectivity index (χ0v) is 21.4. The number of nitrogens with zero attached hydrogens (tertiary/aromatic N) is 1. The zero-order chi connectivity index (χ0) is 22.6. The fraction of sp³-hybridized carbons (Fsp3) is 0.833. The SMILES string of the molecule is C=C/C=C1/CCC23C4CCC(C(C)=NCCCC5CC(C)CN5)C4(C)CCC2C13CCC.